The molecule has 0 heterocycles. The van der Waals surface area contributed by atoms with Crippen LogP contribution in [0.1, 0.15) is 48.3 Å². The predicted molar refractivity (Wildman–Crippen MR) is 94.5 cm³/mol. The molecule has 144 valence electrons. The van der Waals surface area contributed by atoms with E-state index >= 15 is 0 Å². The van der Waals surface area contributed by atoms with E-state index in [4.69, 9.17) is 4.74 Å². The summed E-state index contributed by atoms with van der Waals surface area (Å²) in [6, 6.07) is 10.6. The van der Waals surface area contributed by atoms with Gasteiger partial charge in [-0.25, -0.2) is 0 Å². The van der Waals surface area contributed by atoms with Gasteiger partial charge in [0.15, 0.2) is 11.9 Å². The normalized spacial score (nSPS) is 13.6. The van der Waals surface area contributed by atoms with Gasteiger partial charge >= 0.3 is 6.18 Å². The third kappa shape index (κ3) is 5.57. The van der Waals surface area contributed by atoms with Crippen molar-refractivity contribution in [1.82, 2.24) is 5.32 Å². The van der Waals surface area contributed by atoms with Gasteiger partial charge in [-0.2, -0.15) is 13.2 Å². The van der Waals surface area contributed by atoms with Gasteiger partial charge in [0.05, 0.1) is 11.6 Å². The number of amides is 1. The lowest BCUT2D eigenvalue weighted by Gasteiger charge is -2.20. The topological polar surface area (TPSA) is 55.4 Å². The lowest BCUT2D eigenvalue weighted by atomic mass is 10.0. The minimum Gasteiger partial charge on any atom is -0.481 e. The zero-order valence-electron chi connectivity index (χ0n) is 15.1. The van der Waals surface area contributed by atoms with Crippen molar-refractivity contribution < 1.29 is 27.5 Å². The second-order valence-corrected chi connectivity index (χ2v) is 6.20. The van der Waals surface area contributed by atoms with Crippen LogP contribution in [0.3, 0.4) is 0 Å². The molecule has 0 radical (unpaired) electrons. The van der Waals surface area contributed by atoms with E-state index in [-0.39, 0.29) is 5.78 Å². The molecule has 0 saturated heterocycles. The highest BCUT2D eigenvalue weighted by Gasteiger charge is 2.31. The Bertz CT molecular complexity index is 833. The van der Waals surface area contributed by atoms with E-state index in [2.05, 4.69) is 5.32 Å². The summed E-state index contributed by atoms with van der Waals surface area (Å²) >= 11 is 0. The second kappa shape index (κ2) is 8.24. The molecular formula is C20H20F3NO3. The highest BCUT2D eigenvalue weighted by molar-refractivity contribution is 5.94. The van der Waals surface area contributed by atoms with Gasteiger partial charge in [0, 0.05) is 5.56 Å². The van der Waals surface area contributed by atoms with Crippen molar-refractivity contribution in [1.29, 1.82) is 0 Å². The van der Waals surface area contributed by atoms with Crippen molar-refractivity contribution in [2.75, 3.05) is 0 Å². The van der Waals surface area contributed by atoms with Crippen LogP contribution < -0.4 is 10.1 Å². The lowest BCUT2D eigenvalue weighted by molar-refractivity contribution is -0.137. The van der Waals surface area contributed by atoms with Crippen LogP contribution in [0.15, 0.2) is 48.5 Å². The number of hydrogen-bond donors (Lipinski definition) is 1. The Morgan fingerprint density at radius 3 is 2.33 bits per heavy atom. The predicted octanol–water partition coefficient (Wildman–Crippen LogP) is 4.55. The molecule has 0 saturated carbocycles. The molecule has 0 spiro atoms. The molecule has 0 bridgehead atoms. The van der Waals surface area contributed by atoms with Gasteiger partial charge in [0.1, 0.15) is 5.75 Å². The molecule has 1 N–H and O–H groups in total. The molecule has 0 unspecified atom stereocenters. The summed E-state index contributed by atoms with van der Waals surface area (Å²) in [5, 5.41) is 2.63. The van der Waals surface area contributed by atoms with Crippen molar-refractivity contribution in [3.63, 3.8) is 0 Å². The van der Waals surface area contributed by atoms with E-state index in [1.54, 1.807) is 25.1 Å². The fourth-order valence-corrected chi connectivity index (χ4v) is 2.44. The minimum atomic E-state index is -4.45. The summed E-state index contributed by atoms with van der Waals surface area (Å²) in [6.07, 6.45) is -5.34. The number of alkyl halides is 3. The fourth-order valence-electron chi connectivity index (χ4n) is 2.44. The number of benzene rings is 2. The van der Waals surface area contributed by atoms with E-state index in [0.717, 1.165) is 12.1 Å². The Balaban J connectivity index is 2.04. The Kier molecular flexibility index (Phi) is 6.25. The van der Waals surface area contributed by atoms with Gasteiger partial charge < -0.3 is 10.1 Å². The molecule has 0 aliphatic carbocycles. The number of halogens is 3. The molecule has 0 aliphatic heterocycles. The van der Waals surface area contributed by atoms with E-state index in [0.29, 0.717) is 16.9 Å². The average molecular weight is 379 g/mol. The molecule has 4 nitrogen and oxygen atoms in total. The monoisotopic (exact) mass is 379 g/mol. The molecule has 0 aromatic heterocycles. The standard InChI is InChI=1S/C20H20F3NO3/c1-12(15-6-4-8-17(10-15)20(21,22)23)24-19(26)14(3)27-18-9-5-7-16(11-18)13(2)25/h4-12,14H,1-3H3,(H,24,26)/t12-,14-/m1/s1. The van der Waals surface area contributed by atoms with Crippen molar-refractivity contribution in [3.8, 4) is 5.75 Å². The molecule has 2 atom stereocenters. The Hall–Kier alpha value is -2.83. The summed E-state index contributed by atoms with van der Waals surface area (Å²) in [4.78, 5) is 23.7. The third-order valence-electron chi connectivity index (χ3n) is 4.00. The van der Waals surface area contributed by atoms with Crippen LogP contribution in [0, 0.1) is 0 Å². The van der Waals surface area contributed by atoms with Crippen molar-refractivity contribution in [2.24, 2.45) is 0 Å². The molecule has 0 aliphatic rings. The third-order valence-corrected chi connectivity index (χ3v) is 4.00. The smallest absolute Gasteiger partial charge is 0.416 e. The van der Waals surface area contributed by atoms with E-state index in [9.17, 15) is 22.8 Å². The first-order chi connectivity index (χ1) is 12.6. The van der Waals surface area contributed by atoms with Gasteiger partial charge in [-0.3, -0.25) is 9.59 Å². The first-order valence-corrected chi connectivity index (χ1v) is 8.33. The fraction of sp³-hybridized carbons (Fsp3) is 0.300. The van der Waals surface area contributed by atoms with Gasteiger partial charge in [-0.15, -0.1) is 0 Å². The summed E-state index contributed by atoms with van der Waals surface area (Å²) in [5.74, 6) is -0.249. The van der Waals surface area contributed by atoms with Crippen molar-refractivity contribution >= 4 is 11.7 Å². The van der Waals surface area contributed by atoms with Crippen LogP contribution >= 0.6 is 0 Å². The molecule has 1 amide bonds. The molecule has 2 aromatic rings. The van der Waals surface area contributed by atoms with E-state index in [1.165, 1.54) is 32.0 Å². The molecule has 27 heavy (non-hydrogen) atoms. The Morgan fingerprint density at radius 2 is 1.70 bits per heavy atom. The maximum absolute atomic E-state index is 12.8. The van der Waals surface area contributed by atoms with Gasteiger partial charge in [-0.05, 0) is 50.6 Å². The number of ether oxygens (including phenoxy) is 1. The highest BCUT2D eigenvalue weighted by Crippen LogP contribution is 2.30. The number of carbonyl (C=O) groups excluding carboxylic acids is 2. The van der Waals surface area contributed by atoms with Gasteiger partial charge in [0.2, 0.25) is 0 Å². The number of rotatable bonds is 6. The van der Waals surface area contributed by atoms with Crippen LogP contribution in [0.5, 0.6) is 5.75 Å². The first-order valence-electron chi connectivity index (χ1n) is 8.33. The SMILES string of the molecule is CC(=O)c1cccc(O[C@H](C)C(=O)N[C@H](C)c2cccc(C(F)(F)F)c2)c1. The van der Waals surface area contributed by atoms with Gasteiger partial charge in [-0.1, -0.05) is 24.3 Å². The zero-order chi connectivity index (χ0) is 20.2. The number of hydrogen-bond acceptors (Lipinski definition) is 3. The number of ketones is 1. The summed E-state index contributed by atoms with van der Waals surface area (Å²) < 4.78 is 44.0. The van der Waals surface area contributed by atoms with E-state index < -0.39 is 29.8 Å². The van der Waals surface area contributed by atoms with Crippen molar-refractivity contribution in [3.05, 3.63) is 65.2 Å². The summed E-state index contributed by atoms with van der Waals surface area (Å²) in [7, 11) is 0. The Labute approximate surface area is 155 Å². The molecule has 0 fully saturated rings. The molecule has 2 aromatic carbocycles. The van der Waals surface area contributed by atoms with Crippen LogP contribution in [0.4, 0.5) is 13.2 Å². The van der Waals surface area contributed by atoms with Crippen LogP contribution in [-0.2, 0) is 11.0 Å². The average Bonchev–Trinajstić information content (AvgIpc) is 2.61. The quantitative estimate of drug-likeness (QED) is 0.749. The van der Waals surface area contributed by atoms with Crippen LogP contribution in [0.2, 0.25) is 0 Å². The minimum absolute atomic E-state index is 0.129. The Morgan fingerprint density at radius 1 is 1.04 bits per heavy atom. The van der Waals surface area contributed by atoms with Crippen LogP contribution in [0.25, 0.3) is 0 Å². The maximum Gasteiger partial charge on any atom is 0.416 e. The van der Waals surface area contributed by atoms with E-state index in [1.807, 2.05) is 0 Å². The largest absolute Gasteiger partial charge is 0.481 e. The molecular weight excluding hydrogens is 359 g/mol. The molecule has 7 heteroatoms. The number of nitrogens with one attached hydrogen (secondary N) is 1. The second-order valence-electron chi connectivity index (χ2n) is 6.20. The number of carbonyl (C=O) groups is 2. The zero-order valence-corrected chi connectivity index (χ0v) is 15.1. The first kappa shape index (κ1) is 20.5. The lowest BCUT2D eigenvalue weighted by Crippen LogP contribution is -2.37. The molecule has 2 rings (SSSR count). The number of Topliss-reactive ketones (excluding diaryl/α,β-unsaturated/α-hetero) is 1. The summed E-state index contributed by atoms with van der Waals surface area (Å²) in [6.45, 7) is 4.54. The van der Waals surface area contributed by atoms with Crippen molar-refractivity contribution in [2.45, 2.75) is 39.1 Å². The summed E-state index contributed by atoms with van der Waals surface area (Å²) in [5.41, 5.74) is 0.0211. The van der Waals surface area contributed by atoms with Crippen LogP contribution in [-0.4, -0.2) is 17.8 Å². The van der Waals surface area contributed by atoms with Gasteiger partial charge in [0.25, 0.3) is 5.91 Å². The highest BCUT2D eigenvalue weighted by atomic mass is 19.4. The maximum atomic E-state index is 12.8.